The van der Waals surface area contributed by atoms with Gasteiger partial charge in [0.25, 0.3) is 0 Å². The summed E-state index contributed by atoms with van der Waals surface area (Å²) in [6.45, 7) is 6.83. The summed E-state index contributed by atoms with van der Waals surface area (Å²) in [6, 6.07) is 6.26. The minimum atomic E-state index is -0.794. The molecule has 1 aromatic carbocycles. The summed E-state index contributed by atoms with van der Waals surface area (Å²) in [4.78, 5) is 13.1. The zero-order chi connectivity index (χ0) is 13.8. The molecule has 0 heterocycles. The van der Waals surface area contributed by atoms with Crippen LogP contribution >= 0.6 is 0 Å². The Balaban J connectivity index is 2.68. The van der Waals surface area contributed by atoms with Crippen molar-refractivity contribution >= 4 is 11.7 Å². The van der Waals surface area contributed by atoms with Gasteiger partial charge in [-0.25, -0.2) is 4.39 Å². The summed E-state index contributed by atoms with van der Waals surface area (Å²) in [7, 11) is 0. The van der Waals surface area contributed by atoms with Crippen LogP contribution in [0.5, 0.6) is 0 Å². The summed E-state index contributed by atoms with van der Waals surface area (Å²) in [5, 5.41) is 9.07. The lowest BCUT2D eigenvalue weighted by atomic mass is 9.89. The first-order valence-electron chi connectivity index (χ1n) is 6.10. The molecule has 3 nitrogen and oxygen atoms in total. The number of anilines is 1. The Morgan fingerprint density at radius 3 is 2.33 bits per heavy atom. The number of hydrogen-bond donors (Lipinski definition) is 1. The molecule has 0 aromatic heterocycles. The van der Waals surface area contributed by atoms with E-state index in [9.17, 15) is 9.18 Å². The number of halogens is 1. The van der Waals surface area contributed by atoms with Crippen molar-refractivity contribution in [2.45, 2.75) is 27.2 Å². The van der Waals surface area contributed by atoms with E-state index in [1.54, 1.807) is 26.0 Å². The van der Waals surface area contributed by atoms with Crippen LogP contribution in [0.25, 0.3) is 0 Å². The van der Waals surface area contributed by atoms with E-state index in [4.69, 9.17) is 5.11 Å². The monoisotopic (exact) mass is 253 g/mol. The molecule has 0 amide bonds. The van der Waals surface area contributed by atoms with Gasteiger partial charge in [-0.3, -0.25) is 4.79 Å². The van der Waals surface area contributed by atoms with E-state index in [0.717, 1.165) is 12.2 Å². The number of carboxylic acids is 1. The maximum Gasteiger partial charge on any atom is 0.309 e. The third kappa shape index (κ3) is 3.72. The first kappa shape index (κ1) is 14.5. The highest BCUT2D eigenvalue weighted by molar-refractivity contribution is 5.73. The fraction of sp³-hybridized carbons (Fsp3) is 0.500. The molecule has 100 valence electrons. The van der Waals surface area contributed by atoms with Gasteiger partial charge < -0.3 is 10.0 Å². The molecule has 0 aliphatic carbocycles. The molecule has 0 saturated heterocycles. The van der Waals surface area contributed by atoms with E-state index in [2.05, 4.69) is 0 Å². The molecule has 0 spiro atoms. The van der Waals surface area contributed by atoms with Crippen LogP contribution in [-0.2, 0) is 4.79 Å². The first-order chi connectivity index (χ1) is 8.36. The summed E-state index contributed by atoms with van der Waals surface area (Å²) < 4.78 is 12.8. The van der Waals surface area contributed by atoms with Gasteiger partial charge in [0.05, 0.1) is 5.41 Å². The number of benzene rings is 1. The quantitative estimate of drug-likeness (QED) is 0.846. The molecule has 0 bridgehead atoms. The predicted molar refractivity (Wildman–Crippen MR) is 70.3 cm³/mol. The number of rotatable bonds is 6. The van der Waals surface area contributed by atoms with Gasteiger partial charge >= 0.3 is 5.97 Å². The van der Waals surface area contributed by atoms with Gasteiger partial charge in [0.2, 0.25) is 0 Å². The number of nitrogens with zero attached hydrogens (tertiary/aromatic N) is 1. The van der Waals surface area contributed by atoms with Crippen molar-refractivity contribution in [3.63, 3.8) is 0 Å². The Morgan fingerprint density at radius 2 is 1.89 bits per heavy atom. The molecule has 1 aromatic rings. The zero-order valence-corrected chi connectivity index (χ0v) is 11.1. The van der Waals surface area contributed by atoms with Gasteiger partial charge in [-0.1, -0.05) is 0 Å². The fourth-order valence-corrected chi connectivity index (χ4v) is 1.64. The van der Waals surface area contributed by atoms with E-state index in [0.29, 0.717) is 13.0 Å². The van der Waals surface area contributed by atoms with E-state index in [1.807, 2.05) is 11.8 Å². The van der Waals surface area contributed by atoms with E-state index >= 15 is 0 Å². The number of carboxylic acid groups (broad SMARTS) is 1. The summed E-state index contributed by atoms with van der Waals surface area (Å²) >= 11 is 0. The Labute approximate surface area is 107 Å². The van der Waals surface area contributed by atoms with Gasteiger partial charge in [0.15, 0.2) is 0 Å². The highest BCUT2D eigenvalue weighted by Crippen LogP contribution is 2.23. The van der Waals surface area contributed by atoms with E-state index in [1.165, 1.54) is 12.1 Å². The van der Waals surface area contributed by atoms with Crippen LogP contribution < -0.4 is 4.90 Å². The maximum atomic E-state index is 12.8. The lowest BCUT2D eigenvalue weighted by Gasteiger charge is -2.27. The van der Waals surface area contributed by atoms with Crippen LogP contribution in [0.1, 0.15) is 27.2 Å². The van der Waals surface area contributed by atoms with E-state index in [-0.39, 0.29) is 5.82 Å². The van der Waals surface area contributed by atoms with Crippen molar-refractivity contribution in [3.8, 4) is 0 Å². The van der Waals surface area contributed by atoms with Gasteiger partial charge in [0.1, 0.15) is 5.82 Å². The molecule has 18 heavy (non-hydrogen) atoms. The smallest absolute Gasteiger partial charge is 0.309 e. The second-order valence-electron chi connectivity index (χ2n) is 5.00. The lowest BCUT2D eigenvalue weighted by Crippen LogP contribution is -2.32. The van der Waals surface area contributed by atoms with Crippen molar-refractivity contribution in [2.24, 2.45) is 5.41 Å². The predicted octanol–water partition coefficient (Wildman–Crippen LogP) is 3.15. The topological polar surface area (TPSA) is 40.5 Å². The molecule has 4 heteroatoms. The first-order valence-corrected chi connectivity index (χ1v) is 6.10. The molecule has 0 atom stereocenters. The number of hydrogen-bond acceptors (Lipinski definition) is 2. The fourth-order valence-electron chi connectivity index (χ4n) is 1.64. The minimum absolute atomic E-state index is 0.263. The molecule has 0 saturated carbocycles. The Kier molecular flexibility index (Phi) is 4.70. The van der Waals surface area contributed by atoms with Crippen LogP contribution in [0.2, 0.25) is 0 Å². The number of aliphatic carboxylic acids is 1. The van der Waals surface area contributed by atoms with Crippen molar-refractivity contribution in [1.82, 2.24) is 0 Å². The van der Waals surface area contributed by atoms with Crippen LogP contribution in [0, 0.1) is 11.2 Å². The van der Waals surface area contributed by atoms with Crippen molar-refractivity contribution in [1.29, 1.82) is 0 Å². The highest BCUT2D eigenvalue weighted by atomic mass is 19.1. The number of carbonyl (C=O) groups is 1. The Bertz CT molecular complexity index is 401. The molecular weight excluding hydrogens is 233 g/mol. The van der Waals surface area contributed by atoms with Crippen LogP contribution in [0.3, 0.4) is 0 Å². The van der Waals surface area contributed by atoms with Crippen LogP contribution in [0.15, 0.2) is 24.3 Å². The molecule has 0 aliphatic rings. The Morgan fingerprint density at radius 1 is 1.33 bits per heavy atom. The molecule has 0 fully saturated rings. The van der Waals surface area contributed by atoms with Gasteiger partial charge in [-0.15, -0.1) is 0 Å². The second-order valence-corrected chi connectivity index (χ2v) is 5.00. The molecule has 0 aliphatic heterocycles. The molecule has 1 rings (SSSR count). The summed E-state index contributed by atoms with van der Waals surface area (Å²) in [5.74, 6) is -1.06. The van der Waals surface area contributed by atoms with Crippen molar-refractivity contribution in [3.05, 3.63) is 30.1 Å². The zero-order valence-electron chi connectivity index (χ0n) is 11.1. The minimum Gasteiger partial charge on any atom is -0.481 e. The van der Waals surface area contributed by atoms with E-state index < -0.39 is 11.4 Å². The average Bonchev–Trinajstić information content (AvgIpc) is 2.31. The molecule has 0 radical (unpaired) electrons. The maximum absolute atomic E-state index is 12.8. The lowest BCUT2D eigenvalue weighted by molar-refractivity contribution is -0.147. The average molecular weight is 253 g/mol. The molecular formula is C14H20FNO2. The Hall–Kier alpha value is -1.58. The van der Waals surface area contributed by atoms with Crippen LogP contribution in [0.4, 0.5) is 10.1 Å². The second kappa shape index (κ2) is 5.85. The van der Waals surface area contributed by atoms with Crippen LogP contribution in [-0.4, -0.2) is 24.2 Å². The highest BCUT2D eigenvalue weighted by Gasteiger charge is 2.27. The largest absolute Gasteiger partial charge is 0.481 e. The van der Waals surface area contributed by atoms with Crippen molar-refractivity contribution < 1.29 is 14.3 Å². The third-order valence-corrected chi connectivity index (χ3v) is 3.16. The van der Waals surface area contributed by atoms with Gasteiger partial charge in [0, 0.05) is 18.8 Å². The van der Waals surface area contributed by atoms with Gasteiger partial charge in [-0.2, -0.15) is 0 Å². The SMILES string of the molecule is CCN(CCC(C)(C)C(=O)O)c1ccc(F)cc1. The molecule has 1 N–H and O–H groups in total. The van der Waals surface area contributed by atoms with Crippen molar-refractivity contribution in [2.75, 3.05) is 18.0 Å². The standard InChI is InChI=1S/C14H20FNO2/c1-4-16(10-9-14(2,3)13(17)18)12-7-5-11(15)6-8-12/h5-8H,4,9-10H2,1-3H3,(H,17,18). The third-order valence-electron chi connectivity index (χ3n) is 3.16. The summed E-state index contributed by atoms with van der Waals surface area (Å²) in [6.07, 6.45) is 0.549. The summed E-state index contributed by atoms with van der Waals surface area (Å²) in [5.41, 5.74) is 0.174. The molecule has 0 unspecified atom stereocenters. The normalized spacial score (nSPS) is 11.3. The van der Waals surface area contributed by atoms with Gasteiger partial charge in [-0.05, 0) is 51.5 Å².